The maximum atomic E-state index is 13.7. The van der Waals surface area contributed by atoms with Gasteiger partial charge in [0.25, 0.3) is 11.6 Å². The lowest BCUT2D eigenvalue weighted by molar-refractivity contribution is -0.231. The van der Waals surface area contributed by atoms with Crippen molar-refractivity contribution < 1.29 is 22.4 Å². The second kappa shape index (κ2) is 5.32. The van der Waals surface area contributed by atoms with Gasteiger partial charge in [-0.2, -0.15) is 13.2 Å². The molecule has 0 aromatic carbocycles. The lowest BCUT2D eigenvalue weighted by atomic mass is 9.99. The Bertz CT molecular complexity index is 260. The lowest BCUT2D eigenvalue weighted by Gasteiger charge is -2.31. The molecule has 1 amide bonds. The highest BCUT2D eigenvalue weighted by Crippen LogP contribution is 2.38. The van der Waals surface area contributed by atoms with Crippen molar-refractivity contribution in [1.82, 2.24) is 4.90 Å². The van der Waals surface area contributed by atoms with Crippen LogP contribution in [0.1, 0.15) is 20.3 Å². The standard InChI is InChI=1S/C10H15F4NO/c1-4-7-9(11,10(12,13)14)8(16)15(5-2)6-3/h4H,1,5-7H2,2-3H3. The number of rotatable bonds is 5. The number of alkyl halides is 4. The molecular formula is C10H15F4NO. The molecule has 0 heterocycles. The Hall–Kier alpha value is -1.07. The average molecular weight is 241 g/mol. The number of allylic oxidation sites excluding steroid dienone is 1. The second-order valence-corrected chi connectivity index (χ2v) is 3.27. The van der Waals surface area contributed by atoms with Crippen LogP contribution in [0.5, 0.6) is 0 Å². The number of carbonyl (C=O) groups excluding carboxylic acids is 1. The molecule has 0 aliphatic heterocycles. The molecule has 0 aromatic heterocycles. The van der Waals surface area contributed by atoms with Crippen molar-refractivity contribution in [3.8, 4) is 0 Å². The summed E-state index contributed by atoms with van der Waals surface area (Å²) in [5.74, 6) is -1.55. The van der Waals surface area contributed by atoms with E-state index in [-0.39, 0.29) is 13.1 Å². The molecule has 1 atom stereocenters. The van der Waals surface area contributed by atoms with Crippen LogP contribution in [0, 0.1) is 0 Å². The Morgan fingerprint density at radius 3 is 1.94 bits per heavy atom. The highest BCUT2D eigenvalue weighted by atomic mass is 19.4. The van der Waals surface area contributed by atoms with Crippen LogP contribution in [0.25, 0.3) is 0 Å². The van der Waals surface area contributed by atoms with Crippen molar-refractivity contribution in [3.05, 3.63) is 12.7 Å². The van der Waals surface area contributed by atoms with Crippen molar-refractivity contribution >= 4 is 5.91 Å². The second-order valence-electron chi connectivity index (χ2n) is 3.27. The molecule has 0 fully saturated rings. The van der Waals surface area contributed by atoms with E-state index in [0.717, 1.165) is 11.0 Å². The van der Waals surface area contributed by atoms with Crippen molar-refractivity contribution in [3.63, 3.8) is 0 Å². The van der Waals surface area contributed by atoms with Crippen LogP contribution in [0.15, 0.2) is 12.7 Å². The first-order valence-electron chi connectivity index (χ1n) is 4.90. The van der Waals surface area contributed by atoms with Crippen LogP contribution in [0.2, 0.25) is 0 Å². The number of amides is 1. The summed E-state index contributed by atoms with van der Waals surface area (Å²) in [7, 11) is 0. The topological polar surface area (TPSA) is 20.3 Å². The molecule has 0 rings (SSSR count). The van der Waals surface area contributed by atoms with Crippen LogP contribution >= 0.6 is 0 Å². The molecule has 0 saturated carbocycles. The van der Waals surface area contributed by atoms with E-state index in [4.69, 9.17) is 0 Å². The summed E-state index contributed by atoms with van der Waals surface area (Å²) >= 11 is 0. The van der Waals surface area contributed by atoms with Gasteiger partial charge in [0.05, 0.1) is 0 Å². The maximum absolute atomic E-state index is 13.7. The Balaban J connectivity index is 5.20. The van der Waals surface area contributed by atoms with E-state index in [9.17, 15) is 22.4 Å². The van der Waals surface area contributed by atoms with Gasteiger partial charge in [0.2, 0.25) is 0 Å². The SMILES string of the molecule is C=CCC(F)(C(=O)N(CC)CC)C(F)(F)F. The number of hydrogen-bond acceptors (Lipinski definition) is 1. The number of hydrogen-bond donors (Lipinski definition) is 0. The van der Waals surface area contributed by atoms with Gasteiger partial charge in [0.1, 0.15) is 0 Å². The van der Waals surface area contributed by atoms with E-state index in [1.165, 1.54) is 13.8 Å². The highest BCUT2D eigenvalue weighted by Gasteiger charge is 2.61. The van der Waals surface area contributed by atoms with E-state index < -0.39 is 24.2 Å². The molecule has 94 valence electrons. The summed E-state index contributed by atoms with van der Waals surface area (Å²) in [6.45, 7) is 6.10. The normalized spacial score (nSPS) is 15.4. The predicted octanol–water partition coefficient (Wildman–Crippen LogP) is 2.70. The zero-order chi connectivity index (χ0) is 13.0. The van der Waals surface area contributed by atoms with Gasteiger partial charge in [0, 0.05) is 19.5 Å². The number of nitrogens with zero attached hydrogens (tertiary/aromatic N) is 1. The molecule has 2 nitrogen and oxygen atoms in total. The largest absolute Gasteiger partial charge is 0.432 e. The van der Waals surface area contributed by atoms with Gasteiger partial charge >= 0.3 is 6.18 Å². The fourth-order valence-corrected chi connectivity index (χ4v) is 1.28. The molecule has 0 radical (unpaired) electrons. The van der Waals surface area contributed by atoms with Crippen LogP contribution in [-0.2, 0) is 4.79 Å². The molecule has 6 heteroatoms. The molecule has 0 aliphatic rings. The van der Waals surface area contributed by atoms with E-state index in [1.54, 1.807) is 0 Å². The Kier molecular flexibility index (Phi) is 4.96. The molecule has 0 saturated heterocycles. The molecule has 0 spiro atoms. The zero-order valence-corrected chi connectivity index (χ0v) is 9.27. The van der Waals surface area contributed by atoms with Gasteiger partial charge in [-0.15, -0.1) is 6.58 Å². The first-order chi connectivity index (χ1) is 7.24. The third-order valence-electron chi connectivity index (χ3n) is 2.26. The van der Waals surface area contributed by atoms with Crippen LogP contribution in [-0.4, -0.2) is 35.7 Å². The summed E-state index contributed by atoms with van der Waals surface area (Å²) in [6.07, 6.45) is -5.53. The summed E-state index contributed by atoms with van der Waals surface area (Å²) in [5, 5.41) is 0. The fourth-order valence-electron chi connectivity index (χ4n) is 1.28. The third-order valence-corrected chi connectivity index (χ3v) is 2.26. The quantitative estimate of drug-likeness (QED) is 0.535. The molecule has 0 bridgehead atoms. The maximum Gasteiger partial charge on any atom is 0.432 e. The number of carbonyl (C=O) groups is 1. The predicted molar refractivity (Wildman–Crippen MR) is 52.6 cm³/mol. The zero-order valence-electron chi connectivity index (χ0n) is 9.27. The molecule has 0 N–H and O–H groups in total. The van der Waals surface area contributed by atoms with Gasteiger partial charge in [-0.05, 0) is 13.8 Å². The van der Waals surface area contributed by atoms with E-state index >= 15 is 0 Å². The minimum atomic E-state index is -5.22. The molecule has 0 aromatic rings. The first kappa shape index (κ1) is 14.9. The Labute approximate surface area is 91.9 Å². The lowest BCUT2D eigenvalue weighted by Crippen LogP contribution is -2.54. The Morgan fingerprint density at radius 2 is 1.69 bits per heavy atom. The Morgan fingerprint density at radius 1 is 1.25 bits per heavy atom. The van der Waals surface area contributed by atoms with Gasteiger partial charge < -0.3 is 4.90 Å². The minimum Gasteiger partial charge on any atom is -0.340 e. The fraction of sp³-hybridized carbons (Fsp3) is 0.700. The monoisotopic (exact) mass is 241 g/mol. The van der Waals surface area contributed by atoms with Crippen molar-refractivity contribution in [1.29, 1.82) is 0 Å². The smallest absolute Gasteiger partial charge is 0.340 e. The third kappa shape index (κ3) is 2.74. The molecule has 1 unspecified atom stereocenters. The summed E-state index contributed by atoms with van der Waals surface area (Å²) in [6, 6.07) is 0. The summed E-state index contributed by atoms with van der Waals surface area (Å²) in [4.78, 5) is 12.3. The highest BCUT2D eigenvalue weighted by molar-refractivity contribution is 5.86. The van der Waals surface area contributed by atoms with Crippen molar-refractivity contribution in [2.75, 3.05) is 13.1 Å². The van der Waals surface area contributed by atoms with Crippen molar-refractivity contribution in [2.45, 2.75) is 32.1 Å². The number of halogens is 4. The molecule has 0 aliphatic carbocycles. The molecule has 16 heavy (non-hydrogen) atoms. The van der Waals surface area contributed by atoms with E-state index in [1.807, 2.05) is 0 Å². The van der Waals surface area contributed by atoms with Gasteiger partial charge in [0.15, 0.2) is 0 Å². The van der Waals surface area contributed by atoms with Crippen molar-refractivity contribution in [2.24, 2.45) is 0 Å². The minimum absolute atomic E-state index is 0.0359. The van der Waals surface area contributed by atoms with E-state index in [0.29, 0.717) is 0 Å². The van der Waals surface area contributed by atoms with Gasteiger partial charge in [-0.3, -0.25) is 4.79 Å². The van der Waals surface area contributed by atoms with Crippen LogP contribution in [0.4, 0.5) is 17.6 Å². The average Bonchev–Trinajstić information content (AvgIpc) is 2.18. The summed E-state index contributed by atoms with van der Waals surface area (Å²) in [5.41, 5.74) is -3.86. The van der Waals surface area contributed by atoms with Crippen LogP contribution < -0.4 is 0 Å². The molecular weight excluding hydrogens is 226 g/mol. The van der Waals surface area contributed by atoms with Crippen LogP contribution in [0.3, 0.4) is 0 Å². The van der Waals surface area contributed by atoms with E-state index in [2.05, 4.69) is 6.58 Å². The van der Waals surface area contributed by atoms with Gasteiger partial charge in [-0.1, -0.05) is 6.08 Å². The van der Waals surface area contributed by atoms with Gasteiger partial charge in [-0.25, -0.2) is 4.39 Å². The first-order valence-corrected chi connectivity index (χ1v) is 4.90. The summed E-state index contributed by atoms with van der Waals surface area (Å²) < 4.78 is 51.2.